The molecule has 0 amide bonds. The molecule has 0 aromatic rings. The molecule has 6 heteroatoms. The Bertz CT molecular complexity index is 501. The van der Waals surface area contributed by atoms with E-state index in [4.69, 9.17) is 29.1 Å². The van der Waals surface area contributed by atoms with Crippen molar-refractivity contribution in [2.45, 2.75) is 89.7 Å². The fraction of sp³-hybridized carbons (Fsp3) is 1.00. The van der Waals surface area contributed by atoms with E-state index >= 15 is 0 Å². The van der Waals surface area contributed by atoms with Gasteiger partial charge in [-0.3, -0.25) is 0 Å². The molecule has 0 aromatic heterocycles. The molecule has 6 nitrogen and oxygen atoms in total. The van der Waals surface area contributed by atoms with Crippen molar-refractivity contribution in [3.05, 3.63) is 0 Å². The van der Waals surface area contributed by atoms with Crippen LogP contribution in [0.2, 0.25) is 0 Å². The molecule has 2 bridgehead atoms. The zero-order chi connectivity index (χ0) is 18.4. The Morgan fingerprint density at radius 2 is 1.88 bits per heavy atom. The molecule has 1 saturated carbocycles. The van der Waals surface area contributed by atoms with Crippen molar-refractivity contribution >= 4 is 0 Å². The van der Waals surface area contributed by atoms with Crippen molar-refractivity contribution in [2.24, 2.45) is 23.7 Å². The monoisotopic (exact) mass is 370 g/mol. The van der Waals surface area contributed by atoms with E-state index in [9.17, 15) is 0 Å². The Labute approximate surface area is 156 Å². The fourth-order valence-electron chi connectivity index (χ4n) is 5.65. The van der Waals surface area contributed by atoms with E-state index in [1.54, 1.807) is 0 Å². The number of hydrogen-bond acceptors (Lipinski definition) is 6. The Hall–Kier alpha value is -0.240. The molecule has 5 aliphatic rings. The van der Waals surface area contributed by atoms with E-state index in [2.05, 4.69) is 13.8 Å². The van der Waals surface area contributed by atoms with Crippen LogP contribution in [-0.2, 0) is 24.0 Å². The van der Waals surface area contributed by atoms with Gasteiger partial charge in [-0.1, -0.05) is 13.8 Å². The Kier molecular flexibility index (Phi) is 5.36. The van der Waals surface area contributed by atoms with Gasteiger partial charge in [0.15, 0.2) is 18.2 Å². The second-order valence-electron chi connectivity index (χ2n) is 8.93. The first-order chi connectivity index (χ1) is 12.5. The summed E-state index contributed by atoms with van der Waals surface area (Å²) in [6.07, 6.45) is 6.20. The third kappa shape index (κ3) is 3.03. The molecule has 5 fully saturated rings. The minimum absolute atomic E-state index is 0.230. The third-order valence-electron chi connectivity index (χ3n) is 7.18. The molecule has 5 rings (SSSR count). The van der Waals surface area contributed by atoms with E-state index in [1.165, 1.54) is 6.42 Å². The van der Waals surface area contributed by atoms with Gasteiger partial charge in [0.2, 0.25) is 5.79 Å². The average Bonchev–Trinajstić information content (AvgIpc) is 2.85. The molecule has 1 spiro atoms. The summed E-state index contributed by atoms with van der Waals surface area (Å²) in [6, 6.07) is 0. The van der Waals surface area contributed by atoms with Crippen LogP contribution in [0.3, 0.4) is 0 Å². The highest BCUT2D eigenvalue weighted by Gasteiger charge is 2.69. The number of aliphatic hydroxyl groups excluding tert-OH is 1. The average molecular weight is 370 g/mol. The Morgan fingerprint density at radius 3 is 2.69 bits per heavy atom. The van der Waals surface area contributed by atoms with Gasteiger partial charge in [-0.25, -0.2) is 9.78 Å². The van der Waals surface area contributed by atoms with Crippen LogP contribution in [0.15, 0.2) is 0 Å². The summed E-state index contributed by atoms with van der Waals surface area (Å²) >= 11 is 0. The quantitative estimate of drug-likeness (QED) is 0.571. The standard InChI is InChI=1S/C20H34O6/c1-13-7-8-16-14(2)17(22-12-6-4-5-11-21)23-18-20(16)15(13)9-10-19(3,24-18)25-26-20/h13-18,21H,4-12H2,1-3H3/t13-,14-,15+,16+,17+,18-,19+,20-/m1/s1. The molecule has 150 valence electrons. The molecule has 4 aliphatic heterocycles. The van der Waals surface area contributed by atoms with Gasteiger partial charge in [-0.15, -0.1) is 0 Å². The van der Waals surface area contributed by atoms with E-state index in [-0.39, 0.29) is 18.8 Å². The fourth-order valence-corrected chi connectivity index (χ4v) is 5.65. The van der Waals surface area contributed by atoms with Crippen LogP contribution in [0.5, 0.6) is 0 Å². The van der Waals surface area contributed by atoms with Crippen molar-refractivity contribution in [1.82, 2.24) is 0 Å². The summed E-state index contributed by atoms with van der Waals surface area (Å²) in [4.78, 5) is 12.0. The normalized spacial score (nSPS) is 50.3. The SMILES string of the molecule is C[C@H]1[C@@H](OCCCCCO)O[C@@H]2O[C@]3(C)CC[C@H]4[C@H](C)CC[C@@H]1[C@@]24OO3. The van der Waals surface area contributed by atoms with Gasteiger partial charge in [-0.2, -0.15) is 0 Å². The molecule has 26 heavy (non-hydrogen) atoms. The minimum Gasteiger partial charge on any atom is -0.396 e. The van der Waals surface area contributed by atoms with E-state index < -0.39 is 17.7 Å². The topological polar surface area (TPSA) is 66.4 Å². The van der Waals surface area contributed by atoms with Gasteiger partial charge >= 0.3 is 0 Å². The zero-order valence-electron chi connectivity index (χ0n) is 16.3. The maximum absolute atomic E-state index is 8.91. The molecular formula is C20H34O6. The molecule has 0 radical (unpaired) electrons. The number of fused-ring (bicyclic) bond motifs is 2. The van der Waals surface area contributed by atoms with E-state index in [0.29, 0.717) is 24.4 Å². The van der Waals surface area contributed by atoms with E-state index in [1.807, 2.05) is 6.92 Å². The lowest BCUT2D eigenvalue weighted by Crippen LogP contribution is -2.70. The van der Waals surface area contributed by atoms with Gasteiger partial charge in [0.1, 0.15) is 0 Å². The van der Waals surface area contributed by atoms with Crippen LogP contribution in [0, 0.1) is 23.7 Å². The van der Waals surface area contributed by atoms with Crippen molar-refractivity contribution in [3.63, 3.8) is 0 Å². The van der Waals surface area contributed by atoms with Crippen molar-refractivity contribution in [2.75, 3.05) is 13.2 Å². The molecular weight excluding hydrogens is 336 g/mol. The number of hydrogen-bond donors (Lipinski definition) is 1. The van der Waals surface area contributed by atoms with Gasteiger partial charge in [0, 0.05) is 31.5 Å². The second-order valence-corrected chi connectivity index (χ2v) is 8.93. The first-order valence-electron chi connectivity index (χ1n) is 10.4. The van der Waals surface area contributed by atoms with Crippen LogP contribution >= 0.6 is 0 Å². The lowest BCUT2D eigenvalue weighted by atomic mass is 9.58. The predicted molar refractivity (Wildman–Crippen MR) is 93.7 cm³/mol. The Balaban J connectivity index is 1.53. The van der Waals surface area contributed by atoms with Gasteiger partial charge in [-0.05, 0) is 57.3 Å². The summed E-state index contributed by atoms with van der Waals surface area (Å²) in [5.74, 6) is 0.780. The van der Waals surface area contributed by atoms with Gasteiger partial charge < -0.3 is 19.3 Å². The third-order valence-corrected chi connectivity index (χ3v) is 7.18. The van der Waals surface area contributed by atoms with Crippen molar-refractivity contribution in [1.29, 1.82) is 0 Å². The zero-order valence-corrected chi connectivity index (χ0v) is 16.3. The maximum atomic E-state index is 8.91. The summed E-state index contributed by atoms with van der Waals surface area (Å²) in [6.45, 7) is 7.37. The molecule has 1 N–H and O–H groups in total. The highest BCUT2D eigenvalue weighted by Crippen LogP contribution is 2.60. The summed E-state index contributed by atoms with van der Waals surface area (Å²) < 4.78 is 18.8. The number of aliphatic hydroxyl groups is 1. The van der Waals surface area contributed by atoms with Gasteiger partial charge in [0.05, 0.1) is 0 Å². The lowest BCUT2D eigenvalue weighted by molar-refractivity contribution is -0.577. The molecule has 4 saturated heterocycles. The summed E-state index contributed by atoms with van der Waals surface area (Å²) in [5, 5.41) is 8.91. The first-order valence-corrected chi connectivity index (χ1v) is 10.4. The lowest BCUT2D eigenvalue weighted by Gasteiger charge is -2.60. The van der Waals surface area contributed by atoms with Crippen molar-refractivity contribution in [3.8, 4) is 0 Å². The van der Waals surface area contributed by atoms with Crippen LogP contribution in [0.25, 0.3) is 0 Å². The molecule has 1 aliphatic carbocycles. The number of unbranched alkanes of at least 4 members (excludes halogenated alkanes) is 2. The largest absolute Gasteiger partial charge is 0.396 e. The summed E-state index contributed by atoms with van der Waals surface area (Å²) in [7, 11) is 0. The second kappa shape index (κ2) is 7.30. The minimum atomic E-state index is -0.732. The molecule has 8 atom stereocenters. The maximum Gasteiger partial charge on any atom is 0.201 e. The highest BCUT2D eigenvalue weighted by molar-refractivity contribution is 5.09. The van der Waals surface area contributed by atoms with Crippen molar-refractivity contribution < 1.29 is 29.1 Å². The molecule has 4 heterocycles. The van der Waals surface area contributed by atoms with Gasteiger partial charge in [0.25, 0.3) is 0 Å². The van der Waals surface area contributed by atoms with Crippen LogP contribution in [0.4, 0.5) is 0 Å². The Morgan fingerprint density at radius 1 is 1.04 bits per heavy atom. The summed E-state index contributed by atoms with van der Waals surface area (Å²) in [5.41, 5.74) is -0.510. The molecule has 0 unspecified atom stereocenters. The van der Waals surface area contributed by atoms with Crippen LogP contribution in [-0.4, -0.2) is 42.3 Å². The van der Waals surface area contributed by atoms with Crippen LogP contribution in [0.1, 0.15) is 65.7 Å². The molecule has 0 aromatic carbocycles. The van der Waals surface area contributed by atoms with Crippen LogP contribution < -0.4 is 0 Å². The van der Waals surface area contributed by atoms with E-state index in [0.717, 1.165) is 38.5 Å². The number of ether oxygens (including phenoxy) is 3. The highest BCUT2D eigenvalue weighted by atomic mass is 17.3. The number of rotatable bonds is 6. The smallest absolute Gasteiger partial charge is 0.201 e. The first kappa shape index (κ1) is 19.1. The predicted octanol–water partition coefficient (Wildman–Crippen LogP) is 3.37.